The zero-order chi connectivity index (χ0) is 20.1. The van der Waals surface area contributed by atoms with Crippen molar-refractivity contribution in [2.75, 3.05) is 23.7 Å². The number of rotatable bonds is 7. The van der Waals surface area contributed by atoms with Crippen LogP contribution >= 0.6 is 0 Å². The van der Waals surface area contributed by atoms with Crippen LogP contribution in [-0.4, -0.2) is 29.1 Å². The quantitative estimate of drug-likeness (QED) is 0.529. The topological polar surface area (TPSA) is 98.1 Å². The average molecular weight is 380 g/mol. The van der Waals surface area contributed by atoms with E-state index in [1.165, 1.54) is 0 Å². The Morgan fingerprint density at radius 2 is 2.14 bits per heavy atom. The van der Waals surface area contributed by atoms with Gasteiger partial charge in [0.05, 0.1) is 11.4 Å². The predicted molar refractivity (Wildman–Crippen MR) is 114 cm³/mol. The average Bonchev–Trinajstić information content (AvgIpc) is 2.85. The zero-order valence-electron chi connectivity index (χ0n) is 17.0. The molecule has 0 saturated heterocycles. The second kappa shape index (κ2) is 8.93. The van der Waals surface area contributed by atoms with Gasteiger partial charge in [-0.25, -0.2) is 15.5 Å². The molecule has 0 aliphatic carbocycles. The fourth-order valence-electron chi connectivity index (χ4n) is 3.20. The van der Waals surface area contributed by atoms with E-state index in [0.717, 1.165) is 41.2 Å². The molecule has 0 unspecified atom stereocenters. The fourth-order valence-corrected chi connectivity index (χ4v) is 3.20. The summed E-state index contributed by atoms with van der Waals surface area (Å²) >= 11 is 0. The van der Waals surface area contributed by atoms with E-state index in [1.54, 1.807) is 0 Å². The molecule has 4 N–H and O–H groups in total. The molecule has 1 aromatic carbocycles. The van der Waals surface area contributed by atoms with E-state index in [-0.39, 0.29) is 6.04 Å². The van der Waals surface area contributed by atoms with Gasteiger partial charge >= 0.3 is 0 Å². The summed E-state index contributed by atoms with van der Waals surface area (Å²) in [5.41, 5.74) is 13.1. The monoisotopic (exact) mass is 379 g/mol. The highest BCUT2D eigenvalue weighted by atomic mass is 15.1. The second-order valence-corrected chi connectivity index (χ2v) is 7.45. The number of hydrogen-bond acceptors (Lipinski definition) is 7. The lowest BCUT2D eigenvalue weighted by molar-refractivity contribution is 0.628. The lowest BCUT2D eigenvalue weighted by Crippen LogP contribution is -2.23. The lowest BCUT2D eigenvalue weighted by Gasteiger charge is -2.14. The van der Waals surface area contributed by atoms with Gasteiger partial charge in [0.25, 0.3) is 0 Å². The van der Waals surface area contributed by atoms with Crippen molar-refractivity contribution in [3.05, 3.63) is 47.3 Å². The Morgan fingerprint density at radius 3 is 2.86 bits per heavy atom. The Labute approximate surface area is 166 Å². The molecule has 1 aliphatic rings. The van der Waals surface area contributed by atoms with Crippen LogP contribution in [0.2, 0.25) is 0 Å². The van der Waals surface area contributed by atoms with Crippen molar-refractivity contribution in [2.24, 2.45) is 11.0 Å². The summed E-state index contributed by atoms with van der Waals surface area (Å²) < 4.78 is 0. The minimum absolute atomic E-state index is 0.208. The van der Waals surface area contributed by atoms with E-state index in [9.17, 15) is 0 Å². The summed E-state index contributed by atoms with van der Waals surface area (Å²) in [6, 6.07) is 6.14. The number of nitrogens with zero attached hydrogens (tertiary/aromatic N) is 3. The normalized spacial score (nSPS) is 16.2. The molecule has 0 fully saturated rings. The van der Waals surface area contributed by atoms with Gasteiger partial charge in [-0.2, -0.15) is 5.11 Å². The van der Waals surface area contributed by atoms with Crippen LogP contribution in [0.4, 0.5) is 17.3 Å². The highest BCUT2D eigenvalue weighted by Crippen LogP contribution is 2.33. The lowest BCUT2D eigenvalue weighted by atomic mass is 9.96. The van der Waals surface area contributed by atoms with E-state index < -0.39 is 0 Å². The first-order valence-corrected chi connectivity index (χ1v) is 9.83. The minimum atomic E-state index is 0.208. The van der Waals surface area contributed by atoms with Gasteiger partial charge in [-0.05, 0) is 43.0 Å². The highest BCUT2D eigenvalue weighted by Gasteiger charge is 2.19. The standard InChI is InChI=1S/C21H29N7/c1-5-23-19-9-15(6-7-18(19)28-22)16-8-14(4)24-12-20-17(16)11-26-21(27-20)25-10-13(2)3/h6-9,11,13-14,22-24H,5,10,12H2,1-4H3,(H,25,26,27)/t14-/m1/s1. The Bertz CT molecular complexity index is 873. The van der Waals surface area contributed by atoms with Crippen LogP contribution in [0.5, 0.6) is 0 Å². The fraction of sp³-hybridized carbons (Fsp3) is 0.429. The molecule has 7 nitrogen and oxygen atoms in total. The summed E-state index contributed by atoms with van der Waals surface area (Å²) in [4.78, 5) is 9.30. The number of hydrogen-bond donors (Lipinski definition) is 4. The molecule has 1 aliphatic heterocycles. The molecular weight excluding hydrogens is 350 g/mol. The van der Waals surface area contributed by atoms with Crippen LogP contribution in [0.3, 0.4) is 0 Å². The van der Waals surface area contributed by atoms with Gasteiger partial charge in [-0.1, -0.05) is 26.0 Å². The largest absolute Gasteiger partial charge is 0.384 e. The van der Waals surface area contributed by atoms with Gasteiger partial charge in [0.1, 0.15) is 5.69 Å². The van der Waals surface area contributed by atoms with Crippen LogP contribution < -0.4 is 16.0 Å². The van der Waals surface area contributed by atoms with Crippen LogP contribution in [0, 0.1) is 11.4 Å². The Kier molecular flexibility index (Phi) is 6.36. The van der Waals surface area contributed by atoms with Crippen molar-refractivity contribution in [1.29, 1.82) is 5.53 Å². The van der Waals surface area contributed by atoms with E-state index in [0.29, 0.717) is 24.1 Å². The molecule has 148 valence electrons. The van der Waals surface area contributed by atoms with Crippen LogP contribution in [0.15, 0.2) is 35.6 Å². The van der Waals surface area contributed by atoms with Crippen molar-refractivity contribution in [2.45, 2.75) is 40.3 Å². The van der Waals surface area contributed by atoms with E-state index in [1.807, 2.05) is 25.3 Å². The zero-order valence-corrected chi connectivity index (χ0v) is 17.0. The number of anilines is 2. The maximum absolute atomic E-state index is 7.39. The molecular formula is C21H29N7. The van der Waals surface area contributed by atoms with Crippen molar-refractivity contribution in [3.63, 3.8) is 0 Å². The Balaban J connectivity index is 2.01. The SMILES string of the molecule is CCNc1cc(C2=C[C@@H](C)NCc3nc(NCC(C)C)ncc32)ccc1N=N. The molecule has 28 heavy (non-hydrogen) atoms. The molecule has 1 aromatic heterocycles. The summed E-state index contributed by atoms with van der Waals surface area (Å²) in [6.07, 6.45) is 4.12. The van der Waals surface area contributed by atoms with E-state index in [4.69, 9.17) is 10.5 Å². The highest BCUT2D eigenvalue weighted by molar-refractivity contribution is 5.84. The van der Waals surface area contributed by atoms with Gasteiger partial charge in [0, 0.05) is 37.4 Å². The third-order valence-corrected chi connectivity index (χ3v) is 4.63. The predicted octanol–water partition coefficient (Wildman–Crippen LogP) is 4.56. The van der Waals surface area contributed by atoms with Crippen LogP contribution in [-0.2, 0) is 6.54 Å². The molecule has 0 amide bonds. The minimum Gasteiger partial charge on any atom is -0.384 e. The number of benzene rings is 1. The van der Waals surface area contributed by atoms with Crippen LogP contribution in [0.25, 0.3) is 5.57 Å². The molecule has 2 heterocycles. The van der Waals surface area contributed by atoms with E-state index in [2.05, 4.69) is 59.0 Å². The Morgan fingerprint density at radius 1 is 1.32 bits per heavy atom. The maximum atomic E-state index is 7.39. The van der Waals surface area contributed by atoms with Gasteiger partial charge < -0.3 is 16.0 Å². The van der Waals surface area contributed by atoms with Gasteiger partial charge in [-0.3, -0.25) is 0 Å². The van der Waals surface area contributed by atoms with Crippen molar-refractivity contribution < 1.29 is 0 Å². The number of fused-ring (bicyclic) bond motifs is 1. The summed E-state index contributed by atoms with van der Waals surface area (Å²) in [7, 11) is 0. The first-order valence-electron chi connectivity index (χ1n) is 9.83. The third-order valence-electron chi connectivity index (χ3n) is 4.63. The molecule has 2 aromatic rings. The van der Waals surface area contributed by atoms with Crippen molar-refractivity contribution >= 4 is 22.9 Å². The molecule has 1 atom stereocenters. The van der Waals surface area contributed by atoms with Gasteiger partial charge in [-0.15, -0.1) is 0 Å². The molecule has 0 saturated carbocycles. The molecule has 0 bridgehead atoms. The van der Waals surface area contributed by atoms with Crippen LogP contribution in [0.1, 0.15) is 44.5 Å². The number of nitrogens with one attached hydrogen (secondary N) is 4. The smallest absolute Gasteiger partial charge is 0.222 e. The van der Waals surface area contributed by atoms with Crippen molar-refractivity contribution in [1.82, 2.24) is 15.3 Å². The summed E-state index contributed by atoms with van der Waals surface area (Å²) in [5.74, 6) is 1.20. The molecule has 0 radical (unpaired) electrons. The van der Waals surface area contributed by atoms with E-state index >= 15 is 0 Å². The number of aromatic nitrogens is 2. The molecule has 0 spiro atoms. The first-order chi connectivity index (χ1) is 13.5. The first kappa shape index (κ1) is 19.9. The van der Waals surface area contributed by atoms with Gasteiger partial charge in [0.2, 0.25) is 5.95 Å². The maximum Gasteiger partial charge on any atom is 0.222 e. The van der Waals surface area contributed by atoms with Gasteiger partial charge in [0.15, 0.2) is 0 Å². The Hall–Kier alpha value is -2.80. The summed E-state index contributed by atoms with van der Waals surface area (Å²) in [5, 5.41) is 13.7. The summed E-state index contributed by atoms with van der Waals surface area (Å²) in [6.45, 7) is 10.8. The van der Waals surface area contributed by atoms with Crippen molar-refractivity contribution in [3.8, 4) is 0 Å². The molecule has 7 heteroatoms. The molecule has 3 rings (SSSR count). The second-order valence-electron chi connectivity index (χ2n) is 7.45. The third kappa shape index (κ3) is 4.54.